The molecule has 2 rings (SSSR count). The molecule has 0 saturated carbocycles. The van der Waals surface area contributed by atoms with Crippen LogP contribution < -0.4 is 0 Å². The number of nitrogens with zero attached hydrogens (tertiary/aromatic N) is 3. The van der Waals surface area contributed by atoms with Crippen LogP contribution in [0, 0.1) is 0 Å². The zero-order valence-electron chi connectivity index (χ0n) is 9.89. The number of aromatic nitrogens is 1. The highest BCUT2D eigenvalue weighted by atomic mass is 32.1. The van der Waals surface area contributed by atoms with E-state index in [-0.39, 0.29) is 6.61 Å². The van der Waals surface area contributed by atoms with E-state index in [0.29, 0.717) is 6.04 Å². The number of hydrogen-bond donors (Lipinski definition) is 1. The molecule has 16 heavy (non-hydrogen) atoms. The smallest absolute Gasteiger partial charge is 0.0944 e. The molecule has 0 aliphatic carbocycles. The Morgan fingerprint density at radius 2 is 2.31 bits per heavy atom. The zero-order chi connectivity index (χ0) is 11.5. The van der Waals surface area contributed by atoms with E-state index < -0.39 is 0 Å². The van der Waals surface area contributed by atoms with Crippen molar-refractivity contribution < 1.29 is 5.11 Å². The Bertz CT molecular complexity index is 342. The molecule has 1 aliphatic heterocycles. The zero-order valence-corrected chi connectivity index (χ0v) is 10.7. The van der Waals surface area contributed by atoms with Gasteiger partial charge in [0.2, 0.25) is 0 Å². The fourth-order valence-corrected chi connectivity index (χ4v) is 2.89. The van der Waals surface area contributed by atoms with Gasteiger partial charge in [0.05, 0.1) is 16.5 Å². The van der Waals surface area contributed by atoms with Crippen LogP contribution in [0.4, 0.5) is 0 Å². The molecule has 2 heterocycles. The van der Waals surface area contributed by atoms with Crippen LogP contribution in [0.1, 0.15) is 9.88 Å². The second kappa shape index (κ2) is 5.23. The third kappa shape index (κ3) is 2.79. The van der Waals surface area contributed by atoms with E-state index in [9.17, 15) is 0 Å². The largest absolute Gasteiger partial charge is 0.391 e. The molecule has 1 atom stereocenters. The van der Waals surface area contributed by atoms with Crippen LogP contribution in [0.15, 0.2) is 6.20 Å². The molecule has 1 unspecified atom stereocenters. The van der Waals surface area contributed by atoms with Gasteiger partial charge in [-0.3, -0.25) is 0 Å². The van der Waals surface area contributed by atoms with E-state index in [1.807, 2.05) is 0 Å². The molecule has 0 bridgehead atoms. The van der Waals surface area contributed by atoms with Crippen LogP contribution in [0.3, 0.4) is 0 Å². The molecule has 0 aromatic carbocycles. The van der Waals surface area contributed by atoms with E-state index in [4.69, 9.17) is 5.11 Å². The van der Waals surface area contributed by atoms with Crippen molar-refractivity contribution >= 4 is 11.3 Å². The quantitative estimate of drug-likeness (QED) is 0.833. The van der Waals surface area contributed by atoms with Crippen molar-refractivity contribution in [3.05, 3.63) is 16.1 Å². The Labute approximate surface area is 101 Å². The molecule has 1 N–H and O–H groups in total. The van der Waals surface area contributed by atoms with Gasteiger partial charge >= 0.3 is 0 Å². The van der Waals surface area contributed by atoms with Crippen LogP contribution in [-0.4, -0.2) is 59.7 Å². The molecule has 1 saturated heterocycles. The minimum absolute atomic E-state index is 0.109. The molecule has 0 amide bonds. The van der Waals surface area contributed by atoms with Gasteiger partial charge in [-0.25, -0.2) is 4.98 Å². The first-order chi connectivity index (χ1) is 7.69. The summed E-state index contributed by atoms with van der Waals surface area (Å²) in [6.45, 7) is 3.48. The Morgan fingerprint density at radius 1 is 1.50 bits per heavy atom. The number of hydrogen-bond acceptors (Lipinski definition) is 5. The molecular weight excluding hydrogens is 222 g/mol. The second-order valence-corrected chi connectivity index (χ2v) is 5.68. The van der Waals surface area contributed by atoms with Gasteiger partial charge in [0.15, 0.2) is 0 Å². The summed E-state index contributed by atoms with van der Waals surface area (Å²) in [5, 5.41) is 10.1. The van der Waals surface area contributed by atoms with Crippen LogP contribution in [0.2, 0.25) is 0 Å². The predicted octanol–water partition coefficient (Wildman–Crippen LogP) is 0.424. The summed E-state index contributed by atoms with van der Waals surface area (Å²) in [4.78, 5) is 10.1. The number of likely N-dealkylation sites (N-methyl/N-ethyl adjacent to an activating group) is 2. The van der Waals surface area contributed by atoms with Gasteiger partial charge in [-0.05, 0) is 14.1 Å². The predicted molar refractivity (Wildman–Crippen MR) is 65.7 cm³/mol. The first kappa shape index (κ1) is 12.0. The molecule has 5 heteroatoms. The molecule has 1 aromatic heterocycles. The van der Waals surface area contributed by atoms with Crippen molar-refractivity contribution in [3.63, 3.8) is 0 Å². The molecule has 0 radical (unpaired) electrons. The van der Waals surface area contributed by atoms with Crippen molar-refractivity contribution in [2.75, 3.05) is 33.7 Å². The number of piperazine rings is 1. The third-order valence-electron chi connectivity index (χ3n) is 3.15. The molecular formula is C11H19N3OS. The second-order valence-electron chi connectivity index (χ2n) is 4.48. The Hall–Kier alpha value is -0.490. The first-order valence-corrected chi connectivity index (χ1v) is 6.44. The van der Waals surface area contributed by atoms with Gasteiger partial charge in [-0.1, -0.05) is 0 Å². The monoisotopic (exact) mass is 241 g/mol. The fraction of sp³-hybridized carbons (Fsp3) is 0.727. The Balaban J connectivity index is 1.97. The van der Waals surface area contributed by atoms with E-state index in [2.05, 4.69) is 28.9 Å². The van der Waals surface area contributed by atoms with Crippen molar-refractivity contribution in [1.82, 2.24) is 14.8 Å². The Kier molecular flexibility index (Phi) is 3.91. The van der Waals surface area contributed by atoms with Crippen molar-refractivity contribution in [1.29, 1.82) is 0 Å². The number of aliphatic hydroxyl groups excluding tert-OH is 1. The van der Waals surface area contributed by atoms with Crippen LogP contribution in [-0.2, 0) is 13.0 Å². The van der Waals surface area contributed by atoms with Gasteiger partial charge in [-0.15, -0.1) is 11.3 Å². The standard InChI is InChI=1S/C11H19N3OS/c1-13-3-4-14(2)9(7-13)5-11-12-6-10(8-15)16-11/h6,9,15H,3-5,7-8H2,1-2H3. The number of aliphatic hydroxyl groups is 1. The summed E-state index contributed by atoms with van der Waals surface area (Å²) < 4.78 is 0. The van der Waals surface area contributed by atoms with E-state index in [1.54, 1.807) is 17.5 Å². The van der Waals surface area contributed by atoms with Gasteiger partial charge in [0.25, 0.3) is 0 Å². The average Bonchev–Trinajstić information content (AvgIpc) is 2.71. The van der Waals surface area contributed by atoms with Crippen LogP contribution in [0.5, 0.6) is 0 Å². The van der Waals surface area contributed by atoms with E-state index in [0.717, 1.165) is 35.9 Å². The van der Waals surface area contributed by atoms with Crippen molar-refractivity contribution in [3.8, 4) is 0 Å². The highest BCUT2D eigenvalue weighted by Gasteiger charge is 2.23. The summed E-state index contributed by atoms with van der Waals surface area (Å²) >= 11 is 1.62. The van der Waals surface area contributed by atoms with Crippen LogP contribution >= 0.6 is 11.3 Å². The van der Waals surface area contributed by atoms with Gasteiger partial charge in [0.1, 0.15) is 0 Å². The highest BCUT2D eigenvalue weighted by Crippen LogP contribution is 2.17. The molecule has 1 aliphatic rings. The average molecular weight is 241 g/mol. The van der Waals surface area contributed by atoms with Crippen LogP contribution in [0.25, 0.3) is 0 Å². The topological polar surface area (TPSA) is 39.6 Å². The van der Waals surface area contributed by atoms with Gasteiger partial charge in [0, 0.05) is 38.3 Å². The van der Waals surface area contributed by atoms with Crippen molar-refractivity contribution in [2.24, 2.45) is 0 Å². The maximum atomic E-state index is 9.00. The normalized spacial score (nSPS) is 23.8. The minimum atomic E-state index is 0.109. The number of rotatable bonds is 3. The van der Waals surface area contributed by atoms with Crippen molar-refractivity contribution in [2.45, 2.75) is 19.1 Å². The summed E-state index contributed by atoms with van der Waals surface area (Å²) in [5.41, 5.74) is 0. The SMILES string of the molecule is CN1CCN(C)C(Cc2ncc(CO)s2)C1. The molecule has 0 spiro atoms. The summed E-state index contributed by atoms with van der Waals surface area (Å²) in [6, 6.07) is 0.552. The lowest BCUT2D eigenvalue weighted by Gasteiger charge is -2.37. The summed E-state index contributed by atoms with van der Waals surface area (Å²) in [6.07, 6.45) is 2.78. The van der Waals surface area contributed by atoms with E-state index >= 15 is 0 Å². The first-order valence-electron chi connectivity index (χ1n) is 5.62. The van der Waals surface area contributed by atoms with E-state index in [1.165, 1.54) is 0 Å². The molecule has 90 valence electrons. The molecule has 4 nitrogen and oxygen atoms in total. The minimum Gasteiger partial charge on any atom is -0.391 e. The fourth-order valence-electron chi connectivity index (χ4n) is 2.04. The summed E-state index contributed by atoms with van der Waals surface area (Å²) in [7, 11) is 4.35. The molecule has 1 aromatic rings. The maximum Gasteiger partial charge on any atom is 0.0944 e. The lowest BCUT2D eigenvalue weighted by Crippen LogP contribution is -2.50. The summed E-state index contributed by atoms with van der Waals surface area (Å²) in [5.74, 6) is 0. The third-order valence-corrected chi connectivity index (χ3v) is 4.15. The lowest BCUT2D eigenvalue weighted by atomic mass is 10.1. The molecule has 1 fully saturated rings. The highest BCUT2D eigenvalue weighted by molar-refractivity contribution is 7.11. The van der Waals surface area contributed by atoms with Gasteiger partial charge in [-0.2, -0.15) is 0 Å². The Morgan fingerprint density at radius 3 is 3.00 bits per heavy atom. The lowest BCUT2D eigenvalue weighted by molar-refractivity contribution is 0.114. The number of thiazole rings is 1. The van der Waals surface area contributed by atoms with Gasteiger partial charge < -0.3 is 14.9 Å². The maximum absolute atomic E-state index is 9.00.